The highest BCUT2D eigenvalue weighted by Crippen LogP contribution is 2.31. The van der Waals surface area contributed by atoms with Crippen LogP contribution in [0.3, 0.4) is 0 Å². The Labute approximate surface area is 166 Å². The van der Waals surface area contributed by atoms with Gasteiger partial charge in [-0.15, -0.1) is 0 Å². The molecule has 28 heavy (non-hydrogen) atoms. The van der Waals surface area contributed by atoms with Crippen molar-refractivity contribution in [1.82, 2.24) is 0 Å². The average Bonchev–Trinajstić information content (AvgIpc) is 2.75. The second kappa shape index (κ2) is 9.35. The molecule has 1 aliphatic rings. The summed E-state index contributed by atoms with van der Waals surface area (Å²) in [6.45, 7) is 0. The number of benzene rings is 2. The maximum atomic E-state index is 12.4. The van der Waals surface area contributed by atoms with E-state index in [1.54, 1.807) is 64.6 Å². The van der Waals surface area contributed by atoms with Crippen LogP contribution in [0, 0.1) is 11.8 Å². The molecule has 1 aliphatic carbocycles. The summed E-state index contributed by atoms with van der Waals surface area (Å²) >= 11 is 0. The Morgan fingerprint density at radius 3 is 1.18 bits per heavy atom. The summed E-state index contributed by atoms with van der Waals surface area (Å²) in [6, 6.07) is 13.8. The van der Waals surface area contributed by atoms with Crippen LogP contribution in [0.5, 0.6) is 23.0 Å². The van der Waals surface area contributed by atoms with Crippen molar-refractivity contribution in [2.45, 2.75) is 25.7 Å². The van der Waals surface area contributed by atoms with Crippen LogP contribution in [0.2, 0.25) is 0 Å². The maximum absolute atomic E-state index is 12.4. The SMILES string of the molecule is BOc1ccc(OC(=O)C2CCC(C(=O)Oc3ccc(OB)cc3)CC2)cc1. The maximum Gasteiger partial charge on any atom is 0.322 e. The van der Waals surface area contributed by atoms with Crippen LogP contribution in [0.1, 0.15) is 25.7 Å². The molecule has 3 rings (SSSR count). The van der Waals surface area contributed by atoms with Crippen molar-refractivity contribution in [1.29, 1.82) is 0 Å². The normalized spacial score (nSPS) is 18.7. The van der Waals surface area contributed by atoms with Crippen molar-refractivity contribution in [3.8, 4) is 23.0 Å². The van der Waals surface area contributed by atoms with E-state index in [0.717, 1.165) is 0 Å². The molecule has 0 spiro atoms. The zero-order valence-electron chi connectivity index (χ0n) is 16.1. The largest absolute Gasteiger partial charge is 0.568 e. The zero-order valence-corrected chi connectivity index (χ0v) is 16.1. The molecule has 1 fully saturated rings. The molecule has 0 saturated heterocycles. The summed E-state index contributed by atoms with van der Waals surface area (Å²) < 4.78 is 21.1. The first-order valence-corrected chi connectivity index (χ1v) is 9.30. The van der Waals surface area contributed by atoms with E-state index in [1.165, 1.54) is 0 Å². The van der Waals surface area contributed by atoms with Crippen LogP contribution < -0.4 is 18.8 Å². The lowest BCUT2D eigenvalue weighted by Gasteiger charge is -2.25. The van der Waals surface area contributed by atoms with Gasteiger partial charge < -0.3 is 18.8 Å². The van der Waals surface area contributed by atoms with Gasteiger partial charge in [-0.05, 0) is 74.2 Å². The molecular weight excluding hydrogens is 358 g/mol. The van der Waals surface area contributed by atoms with Crippen LogP contribution in [0.25, 0.3) is 0 Å². The van der Waals surface area contributed by atoms with E-state index < -0.39 is 0 Å². The Morgan fingerprint density at radius 2 is 0.893 bits per heavy atom. The monoisotopic (exact) mass is 380 g/mol. The summed E-state index contributed by atoms with van der Waals surface area (Å²) in [5.41, 5.74) is 0. The molecule has 0 bridgehead atoms. The van der Waals surface area contributed by atoms with Gasteiger partial charge in [-0.1, -0.05) is 0 Å². The number of hydrogen-bond donors (Lipinski definition) is 0. The van der Waals surface area contributed by atoms with Crippen molar-refractivity contribution in [3.05, 3.63) is 48.5 Å². The Balaban J connectivity index is 1.47. The minimum atomic E-state index is -0.257. The van der Waals surface area contributed by atoms with Crippen molar-refractivity contribution >= 4 is 28.0 Å². The van der Waals surface area contributed by atoms with Gasteiger partial charge in [-0.25, -0.2) is 0 Å². The second-order valence-corrected chi connectivity index (χ2v) is 6.74. The summed E-state index contributed by atoms with van der Waals surface area (Å²) in [7, 11) is 3.16. The molecule has 6 nitrogen and oxygen atoms in total. The van der Waals surface area contributed by atoms with E-state index >= 15 is 0 Å². The first-order valence-electron chi connectivity index (χ1n) is 9.30. The molecule has 0 aromatic heterocycles. The molecule has 144 valence electrons. The molecule has 0 aliphatic heterocycles. The van der Waals surface area contributed by atoms with Gasteiger partial charge in [-0.2, -0.15) is 0 Å². The summed E-state index contributed by atoms with van der Waals surface area (Å²) in [6.07, 6.45) is 2.43. The van der Waals surface area contributed by atoms with Crippen LogP contribution in [-0.4, -0.2) is 28.0 Å². The predicted octanol–water partition coefficient (Wildman–Crippen LogP) is 1.86. The number of rotatable bonds is 6. The molecule has 2 aromatic rings. The quantitative estimate of drug-likeness (QED) is 0.433. The fourth-order valence-corrected chi connectivity index (χ4v) is 3.25. The minimum absolute atomic E-state index is 0.202. The van der Waals surface area contributed by atoms with E-state index in [1.807, 2.05) is 0 Å². The molecule has 0 N–H and O–H groups in total. The predicted molar refractivity (Wildman–Crippen MR) is 108 cm³/mol. The molecule has 0 radical (unpaired) electrons. The molecule has 0 amide bonds. The highest BCUT2D eigenvalue weighted by Gasteiger charge is 2.32. The van der Waals surface area contributed by atoms with Gasteiger partial charge in [0.1, 0.15) is 11.5 Å². The Kier molecular flexibility index (Phi) is 6.63. The summed E-state index contributed by atoms with van der Waals surface area (Å²) in [5, 5.41) is 0. The highest BCUT2D eigenvalue weighted by atomic mass is 16.5. The van der Waals surface area contributed by atoms with Crippen molar-refractivity contribution < 1.29 is 28.4 Å². The van der Waals surface area contributed by atoms with Gasteiger partial charge in [0, 0.05) is 0 Å². The van der Waals surface area contributed by atoms with Crippen LogP contribution >= 0.6 is 0 Å². The zero-order chi connectivity index (χ0) is 19.9. The van der Waals surface area contributed by atoms with Gasteiger partial charge in [0.05, 0.1) is 23.3 Å². The molecule has 0 heterocycles. The van der Waals surface area contributed by atoms with Crippen LogP contribution in [0.4, 0.5) is 0 Å². The molecule has 1 saturated carbocycles. The average molecular weight is 380 g/mol. The topological polar surface area (TPSA) is 71.1 Å². The van der Waals surface area contributed by atoms with Gasteiger partial charge in [0.15, 0.2) is 0 Å². The van der Waals surface area contributed by atoms with E-state index in [0.29, 0.717) is 48.7 Å². The van der Waals surface area contributed by atoms with E-state index in [2.05, 4.69) is 0 Å². The third-order valence-electron chi connectivity index (χ3n) is 4.95. The molecule has 8 heteroatoms. The third-order valence-corrected chi connectivity index (χ3v) is 4.95. The Bertz CT molecular complexity index is 729. The summed E-state index contributed by atoms with van der Waals surface area (Å²) in [4.78, 5) is 24.7. The fourth-order valence-electron chi connectivity index (χ4n) is 3.25. The van der Waals surface area contributed by atoms with E-state index in [9.17, 15) is 9.59 Å². The Morgan fingerprint density at radius 1 is 0.607 bits per heavy atom. The highest BCUT2D eigenvalue weighted by molar-refractivity contribution is 6.00. The van der Waals surface area contributed by atoms with E-state index in [4.69, 9.17) is 18.8 Å². The summed E-state index contributed by atoms with van der Waals surface area (Å²) in [5.74, 6) is 1.48. The molecular formula is C20H22B2O6. The molecule has 2 aromatic carbocycles. The van der Waals surface area contributed by atoms with E-state index in [-0.39, 0.29) is 23.8 Å². The van der Waals surface area contributed by atoms with Crippen molar-refractivity contribution in [2.75, 3.05) is 0 Å². The lowest BCUT2D eigenvalue weighted by atomic mass is 9.82. The lowest BCUT2D eigenvalue weighted by Crippen LogP contribution is -2.30. The number of ether oxygens (including phenoxy) is 2. The van der Waals surface area contributed by atoms with Crippen molar-refractivity contribution in [3.63, 3.8) is 0 Å². The smallest absolute Gasteiger partial charge is 0.322 e. The van der Waals surface area contributed by atoms with Crippen LogP contribution in [-0.2, 0) is 9.59 Å². The standard InChI is InChI=1S/C20H22B2O6/c21-27-17-9-5-15(6-10-17)25-19(23)13-1-2-14(4-3-13)20(24)26-16-7-11-18(28-22)12-8-16/h5-14H,1-4,21-22H2. The lowest BCUT2D eigenvalue weighted by molar-refractivity contribution is -0.145. The first-order chi connectivity index (χ1) is 13.6. The van der Waals surface area contributed by atoms with Crippen LogP contribution in [0.15, 0.2) is 48.5 Å². The number of hydrogen-bond acceptors (Lipinski definition) is 6. The van der Waals surface area contributed by atoms with Gasteiger partial charge in [-0.3, -0.25) is 9.59 Å². The molecule has 0 atom stereocenters. The van der Waals surface area contributed by atoms with Gasteiger partial charge in [0.2, 0.25) is 0 Å². The van der Waals surface area contributed by atoms with Crippen molar-refractivity contribution in [2.24, 2.45) is 11.8 Å². The molecule has 0 unspecified atom stereocenters. The Hall–Kier alpha value is -2.89. The number of esters is 2. The second-order valence-electron chi connectivity index (χ2n) is 6.74. The van der Waals surface area contributed by atoms with Gasteiger partial charge in [0.25, 0.3) is 0 Å². The minimum Gasteiger partial charge on any atom is -0.568 e. The number of carbonyl (C=O) groups is 2. The fraction of sp³-hybridized carbons (Fsp3) is 0.300. The number of carbonyl (C=O) groups excluding carboxylic acids is 2. The third kappa shape index (κ3) is 5.09. The van der Waals surface area contributed by atoms with Gasteiger partial charge >= 0.3 is 28.0 Å². The first kappa shape index (κ1) is 19.9.